The van der Waals surface area contributed by atoms with Crippen LogP contribution in [-0.2, 0) is 4.79 Å². The van der Waals surface area contributed by atoms with Gasteiger partial charge in [-0.3, -0.25) is 4.79 Å². The Balaban J connectivity index is 0. The van der Waals surface area contributed by atoms with Crippen LogP contribution in [0.2, 0.25) is 0 Å². The molecule has 0 spiro atoms. The van der Waals surface area contributed by atoms with Gasteiger partial charge in [-0.2, -0.15) is 0 Å². The molecule has 0 aromatic carbocycles. The maximum atomic E-state index is 11.1. The molecule has 0 heterocycles. The summed E-state index contributed by atoms with van der Waals surface area (Å²) in [5, 5.41) is 2.69. The number of hydrogen-bond donors (Lipinski definition) is 1. The van der Waals surface area contributed by atoms with Gasteiger partial charge in [-0.25, -0.2) is 0 Å². The average Bonchev–Trinajstić information content (AvgIpc) is 2.16. The Morgan fingerprint density at radius 3 is 1.86 bits per heavy atom. The zero-order valence-electron chi connectivity index (χ0n) is 9.31. The van der Waals surface area contributed by atoms with Gasteiger partial charge in [0, 0.05) is 11.3 Å². The van der Waals surface area contributed by atoms with Gasteiger partial charge >= 0.3 is 0 Å². The molecule has 78 valence electrons. The fourth-order valence-electron chi connectivity index (χ4n) is 0.609. The van der Waals surface area contributed by atoms with E-state index in [0.717, 1.165) is 11.3 Å². The SMILES string of the molecule is C=C.C=CC(NC(=O)C(=C)C)=C(C)C. The predicted octanol–water partition coefficient (Wildman–Crippen LogP) is 2.96. The zero-order valence-corrected chi connectivity index (χ0v) is 9.31. The summed E-state index contributed by atoms with van der Waals surface area (Å²) in [6.45, 7) is 18.6. The first-order chi connectivity index (χ1) is 6.49. The molecule has 0 aliphatic heterocycles. The third-order valence-electron chi connectivity index (χ3n) is 1.38. The fourth-order valence-corrected chi connectivity index (χ4v) is 0.609. The van der Waals surface area contributed by atoms with Gasteiger partial charge in [0.2, 0.25) is 0 Å². The first kappa shape index (κ1) is 14.9. The van der Waals surface area contributed by atoms with Crippen LogP contribution in [0.3, 0.4) is 0 Å². The molecule has 0 rings (SSSR count). The molecule has 2 nitrogen and oxygen atoms in total. The molecule has 0 bridgehead atoms. The van der Waals surface area contributed by atoms with Crippen molar-refractivity contribution in [2.45, 2.75) is 20.8 Å². The Morgan fingerprint density at radius 2 is 1.64 bits per heavy atom. The molecule has 1 N–H and O–H groups in total. The van der Waals surface area contributed by atoms with E-state index in [9.17, 15) is 4.79 Å². The van der Waals surface area contributed by atoms with Crippen LogP contribution in [0.5, 0.6) is 0 Å². The van der Waals surface area contributed by atoms with Gasteiger partial charge in [-0.1, -0.05) is 18.7 Å². The Bertz CT molecular complexity index is 257. The molecule has 1 amide bonds. The van der Waals surface area contributed by atoms with Crippen molar-refractivity contribution in [2.75, 3.05) is 0 Å². The van der Waals surface area contributed by atoms with Crippen LogP contribution in [0.1, 0.15) is 20.8 Å². The van der Waals surface area contributed by atoms with E-state index in [1.165, 1.54) is 0 Å². The van der Waals surface area contributed by atoms with Crippen molar-refractivity contribution >= 4 is 5.91 Å². The molecule has 2 heteroatoms. The van der Waals surface area contributed by atoms with Crippen molar-refractivity contribution in [3.8, 4) is 0 Å². The molecule has 0 aliphatic rings. The van der Waals surface area contributed by atoms with Crippen LogP contribution in [0.15, 0.2) is 49.2 Å². The topological polar surface area (TPSA) is 29.1 Å². The lowest BCUT2D eigenvalue weighted by atomic mass is 10.2. The Morgan fingerprint density at radius 1 is 1.21 bits per heavy atom. The van der Waals surface area contributed by atoms with Gasteiger partial charge in [0.25, 0.3) is 5.91 Å². The highest BCUT2D eigenvalue weighted by Gasteiger charge is 2.02. The molecule has 0 radical (unpaired) electrons. The Labute approximate surface area is 86.7 Å². The molecule has 14 heavy (non-hydrogen) atoms. The number of allylic oxidation sites excluding steroid dienone is 2. The highest BCUT2D eigenvalue weighted by atomic mass is 16.1. The number of rotatable bonds is 3. The molecule has 0 fully saturated rings. The van der Waals surface area contributed by atoms with Gasteiger partial charge in [0.1, 0.15) is 0 Å². The average molecular weight is 193 g/mol. The van der Waals surface area contributed by atoms with Gasteiger partial charge < -0.3 is 5.32 Å². The lowest BCUT2D eigenvalue weighted by Crippen LogP contribution is -2.22. The lowest BCUT2D eigenvalue weighted by Gasteiger charge is -2.06. The van der Waals surface area contributed by atoms with Crippen LogP contribution in [0.4, 0.5) is 0 Å². The molecular formula is C12H19NO. The minimum Gasteiger partial charge on any atom is -0.322 e. The lowest BCUT2D eigenvalue weighted by molar-refractivity contribution is -0.116. The molecule has 0 unspecified atom stereocenters. The number of carbonyl (C=O) groups excluding carboxylic acids is 1. The van der Waals surface area contributed by atoms with Crippen molar-refractivity contribution in [3.05, 3.63) is 49.2 Å². The molecular weight excluding hydrogens is 174 g/mol. The van der Waals surface area contributed by atoms with E-state index in [4.69, 9.17) is 0 Å². The van der Waals surface area contributed by atoms with Gasteiger partial charge in [0.15, 0.2) is 0 Å². The zero-order chi connectivity index (χ0) is 11.7. The largest absolute Gasteiger partial charge is 0.322 e. The van der Waals surface area contributed by atoms with E-state index in [1.807, 2.05) is 13.8 Å². The van der Waals surface area contributed by atoms with Crippen LogP contribution in [0, 0.1) is 0 Å². The highest BCUT2D eigenvalue weighted by Crippen LogP contribution is 2.01. The van der Waals surface area contributed by atoms with Crippen LogP contribution >= 0.6 is 0 Å². The minimum absolute atomic E-state index is 0.161. The van der Waals surface area contributed by atoms with E-state index >= 15 is 0 Å². The van der Waals surface area contributed by atoms with Gasteiger partial charge in [0.05, 0.1) is 0 Å². The first-order valence-electron chi connectivity index (χ1n) is 4.25. The summed E-state index contributed by atoms with van der Waals surface area (Å²) in [4.78, 5) is 11.1. The summed E-state index contributed by atoms with van der Waals surface area (Å²) < 4.78 is 0. The smallest absolute Gasteiger partial charge is 0.250 e. The van der Waals surface area contributed by atoms with E-state index in [0.29, 0.717) is 5.57 Å². The highest BCUT2D eigenvalue weighted by molar-refractivity contribution is 5.93. The van der Waals surface area contributed by atoms with Crippen molar-refractivity contribution < 1.29 is 4.79 Å². The molecule has 0 aromatic heterocycles. The van der Waals surface area contributed by atoms with Crippen LogP contribution in [-0.4, -0.2) is 5.91 Å². The van der Waals surface area contributed by atoms with Crippen LogP contribution < -0.4 is 5.32 Å². The second kappa shape index (κ2) is 8.05. The first-order valence-corrected chi connectivity index (χ1v) is 4.25. The van der Waals surface area contributed by atoms with Crippen LogP contribution in [0.25, 0.3) is 0 Å². The third-order valence-corrected chi connectivity index (χ3v) is 1.38. The number of amides is 1. The molecule has 0 saturated heterocycles. The standard InChI is InChI=1S/C10H15NO.C2H4/c1-6-9(7(2)3)11-10(12)8(4)5;1-2/h6H,1,4H2,2-3,5H3,(H,11,12);1-2H2. The summed E-state index contributed by atoms with van der Waals surface area (Å²) >= 11 is 0. The van der Waals surface area contributed by atoms with E-state index in [-0.39, 0.29) is 5.91 Å². The molecule has 0 saturated carbocycles. The van der Waals surface area contributed by atoms with Crippen molar-refractivity contribution in [1.82, 2.24) is 5.32 Å². The number of hydrogen-bond acceptors (Lipinski definition) is 1. The Hall–Kier alpha value is -1.57. The fraction of sp³-hybridized carbons (Fsp3) is 0.250. The molecule has 0 atom stereocenters. The van der Waals surface area contributed by atoms with Gasteiger partial charge in [-0.05, 0) is 26.8 Å². The van der Waals surface area contributed by atoms with Crippen molar-refractivity contribution in [1.29, 1.82) is 0 Å². The second-order valence-electron chi connectivity index (χ2n) is 2.85. The number of carbonyl (C=O) groups is 1. The maximum absolute atomic E-state index is 11.1. The molecule has 0 aliphatic carbocycles. The predicted molar refractivity (Wildman–Crippen MR) is 62.8 cm³/mol. The number of nitrogens with one attached hydrogen (secondary N) is 1. The summed E-state index contributed by atoms with van der Waals surface area (Å²) in [6.07, 6.45) is 1.62. The summed E-state index contributed by atoms with van der Waals surface area (Å²) in [5.41, 5.74) is 2.28. The minimum atomic E-state index is -0.161. The molecule has 0 aromatic rings. The second-order valence-corrected chi connectivity index (χ2v) is 2.85. The van der Waals surface area contributed by atoms with Crippen molar-refractivity contribution in [3.63, 3.8) is 0 Å². The van der Waals surface area contributed by atoms with Crippen molar-refractivity contribution in [2.24, 2.45) is 0 Å². The monoisotopic (exact) mass is 193 g/mol. The van der Waals surface area contributed by atoms with E-state index < -0.39 is 0 Å². The maximum Gasteiger partial charge on any atom is 0.250 e. The van der Waals surface area contributed by atoms with E-state index in [1.54, 1.807) is 13.0 Å². The summed E-state index contributed by atoms with van der Waals surface area (Å²) in [7, 11) is 0. The quantitative estimate of drug-likeness (QED) is 0.417. The summed E-state index contributed by atoms with van der Waals surface area (Å²) in [5.74, 6) is -0.161. The van der Waals surface area contributed by atoms with E-state index in [2.05, 4.69) is 31.6 Å². The normalized spacial score (nSPS) is 7.64. The third kappa shape index (κ3) is 6.00. The Kier molecular flexibility index (Phi) is 8.58. The van der Waals surface area contributed by atoms with Gasteiger partial charge in [-0.15, -0.1) is 13.2 Å². The summed E-state index contributed by atoms with van der Waals surface area (Å²) in [6, 6.07) is 0.